The third kappa shape index (κ3) is 5.80. The Morgan fingerprint density at radius 1 is 1.00 bits per heavy atom. The van der Waals surface area contributed by atoms with Crippen LogP contribution in [-0.2, 0) is 4.74 Å². The van der Waals surface area contributed by atoms with Gasteiger partial charge in [-0.25, -0.2) is 0 Å². The van der Waals surface area contributed by atoms with E-state index in [-0.39, 0.29) is 5.92 Å². The monoisotopic (exact) mass is 369 g/mol. The quantitative estimate of drug-likeness (QED) is 0.678. The van der Waals surface area contributed by atoms with Gasteiger partial charge in [-0.2, -0.15) is 0 Å². The molecule has 1 aliphatic heterocycles. The van der Waals surface area contributed by atoms with Crippen molar-refractivity contribution in [3.8, 4) is 5.75 Å². The highest BCUT2D eigenvalue weighted by Crippen LogP contribution is 2.32. The maximum atomic E-state index is 11.2. The fourth-order valence-corrected chi connectivity index (χ4v) is 3.48. The molecule has 1 saturated heterocycles. The Morgan fingerprint density at radius 3 is 2.37 bits per heavy atom. The molecule has 0 amide bonds. The summed E-state index contributed by atoms with van der Waals surface area (Å²) in [6, 6.07) is 18.2. The summed E-state index contributed by atoms with van der Waals surface area (Å²) >= 11 is 0. The molecule has 1 heterocycles. The Bertz CT molecular complexity index is 653. The third-order valence-electron chi connectivity index (χ3n) is 5.16. The second kappa shape index (κ2) is 10.5. The van der Waals surface area contributed by atoms with Crippen molar-refractivity contribution in [3.05, 3.63) is 65.7 Å². The second-order valence-electron chi connectivity index (χ2n) is 7.15. The SMILES string of the molecule is CCCCOc1ccc([C@@H](O)[C@@H](CN2CCOCC2)c2ccccc2)cc1. The van der Waals surface area contributed by atoms with Crippen LogP contribution in [0.4, 0.5) is 0 Å². The number of aliphatic hydroxyl groups is 1. The van der Waals surface area contributed by atoms with E-state index in [2.05, 4.69) is 24.0 Å². The van der Waals surface area contributed by atoms with Crippen LogP contribution in [-0.4, -0.2) is 49.5 Å². The van der Waals surface area contributed by atoms with Crippen molar-refractivity contribution < 1.29 is 14.6 Å². The van der Waals surface area contributed by atoms with E-state index >= 15 is 0 Å². The van der Waals surface area contributed by atoms with Crippen LogP contribution >= 0.6 is 0 Å². The zero-order chi connectivity index (χ0) is 18.9. The Morgan fingerprint density at radius 2 is 1.70 bits per heavy atom. The molecule has 0 aromatic heterocycles. The van der Waals surface area contributed by atoms with Gasteiger partial charge in [0.15, 0.2) is 0 Å². The average Bonchev–Trinajstić information content (AvgIpc) is 2.74. The lowest BCUT2D eigenvalue weighted by Crippen LogP contribution is -2.39. The number of aliphatic hydroxyl groups excluding tert-OH is 1. The van der Waals surface area contributed by atoms with Crippen LogP contribution in [0, 0.1) is 0 Å². The maximum absolute atomic E-state index is 11.2. The first kappa shape index (κ1) is 19.9. The number of hydrogen-bond donors (Lipinski definition) is 1. The highest BCUT2D eigenvalue weighted by molar-refractivity contribution is 5.32. The van der Waals surface area contributed by atoms with E-state index in [1.165, 1.54) is 5.56 Å². The molecule has 1 aliphatic rings. The van der Waals surface area contributed by atoms with Gasteiger partial charge in [0.1, 0.15) is 5.75 Å². The van der Waals surface area contributed by atoms with Crippen LogP contribution in [0.25, 0.3) is 0 Å². The number of rotatable bonds is 9. The fourth-order valence-electron chi connectivity index (χ4n) is 3.48. The number of hydrogen-bond acceptors (Lipinski definition) is 4. The van der Waals surface area contributed by atoms with Gasteiger partial charge in [0, 0.05) is 25.6 Å². The molecule has 146 valence electrons. The van der Waals surface area contributed by atoms with E-state index in [0.29, 0.717) is 0 Å². The van der Waals surface area contributed by atoms with Crippen LogP contribution in [0.15, 0.2) is 54.6 Å². The van der Waals surface area contributed by atoms with Gasteiger partial charge in [0.2, 0.25) is 0 Å². The predicted molar refractivity (Wildman–Crippen MR) is 108 cm³/mol. The summed E-state index contributed by atoms with van der Waals surface area (Å²) in [7, 11) is 0. The van der Waals surface area contributed by atoms with Gasteiger partial charge in [-0.3, -0.25) is 4.90 Å². The number of morpholine rings is 1. The molecule has 0 bridgehead atoms. The van der Waals surface area contributed by atoms with E-state index < -0.39 is 6.10 Å². The van der Waals surface area contributed by atoms with Crippen LogP contribution in [0.2, 0.25) is 0 Å². The van der Waals surface area contributed by atoms with Gasteiger partial charge in [0.25, 0.3) is 0 Å². The van der Waals surface area contributed by atoms with E-state index in [0.717, 1.165) is 63.6 Å². The Labute approximate surface area is 162 Å². The molecular formula is C23H31NO3. The van der Waals surface area contributed by atoms with Gasteiger partial charge in [-0.15, -0.1) is 0 Å². The van der Waals surface area contributed by atoms with Crippen molar-refractivity contribution in [2.75, 3.05) is 39.5 Å². The molecule has 2 aromatic rings. The molecule has 4 heteroatoms. The summed E-state index contributed by atoms with van der Waals surface area (Å²) in [5.74, 6) is 0.889. The average molecular weight is 370 g/mol. The summed E-state index contributed by atoms with van der Waals surface area (Å²) in [5.41, 5.74) is 2.10. The van der Waals surface area contributed by atoms with E-state index in [4.69, 9.17) is 9.47 Å². The zero-order valence-electron chi connectivity index (χ0n) is 16.2. The van der Waals surface area contributed by atoms with Gasteiger partial charge in [-0.1, -0.05) is 55.8 Å². The minimum Gasteiger partial charge on any atom is -0.494 e. The maximum Gasteiger partial charge on any atom is 0.119 e. The Balaban J connectivity index is 1.72. The molecule has 27 heavy (non-hydrogen) atoms. The van der Waals surface area contributed by atoms with E-state index in [9.17, 15) is 5.11 Å². The first-order chi connectivity index (χ1) is 13.3. The van der Waals surface area contributed by atoms with Crippen LogP contribution < -0.4 is 4.74 Å². The molecule has 0 unspecified atom stereocenters. The van der Waals surface area contributed by atoms with Crippen molar-refractivity contribution in [1.82, 2.24) is 4.90 Å². The van der Waals surface area contributed by atoms with E-state index in [1.54, 1.807) is 0 Å². The van der Waals surface area contributed by atoms with Crippen molar-refractivity contribution in [3.63, 3.8) is 0 Å². The van der Waals surface area contributed by atoms with Crippen molar-refractivity contribution in [1.29, 1.82) is 0 Å². The number of unbranched alkanes of at least 4 members (excludes halogenated alkanes) is 1. The van der Waals surface area contributed by atoms with Gasteiger partial charge >= 0.3 is 0 Å². The van der Waals surface area contributed by atoms with E-state index in [1.807, 2.05) is 42.5 Å². The lowest BCUT2D eigenvalue weighted by atomic mass is 9.88. The summed E-state index contributed by atoms with van der Waals surface area (Å²) in [6.07, 6.45) is 1.62. The molecular weight excluding hydrogens is 338 g/mol. The lowest BCUT2D eigenvalue weighted by Gasteiger charge is -2.33. The Hall–Kier alpha value is -1.88. The number of ether oxygens (including phenoxy) is 2. The third-order valence-corrected chi connectivity index (χ3v) is 5.16. The van der Waals surface area contributed by atoms with Gasteiger partial charge in [-0.05, 0) is 29.7 Å². The normalized spacial score (nSPS) is 17.4. The standard InChI is InChI=1S/C23H31NO3/c1-2-3-15-27-21-11-9-20(10-12-21)23(25)22(19-7-5-4-6-8-19)18-24-13-16-26-17-14-24/h4-12,22-23,25H,2-3,13-18H2,1H3/t22-,23+/m0/s1. The molecule has 3 rings (SSSR count). The molecule has 2 atom stereocenters. The summed E-state index contributed by atoms with van der Waals surface area (Å²) < 4.78 is 11.2. The topological polar surface area (TPSA) is 41.9 Å². The first-order valence-corrected chi connectivity index (χ1v) is 10.0. The molecule has 0 spiro atoms. The fraction of sp³-hybridized carbons (Fsp3) is 0.478. The number of nitrogens with zero attached hydrogens (tertiary/aromatic N) is 1. The van der Waals surface area contributed by atoms with Crippen molar-refractivity contribution in [2.45, 2.75) is 31.8 Å². The van der Waals surface area contributed by atoms with Gasteiger partial charge < -0.3 is 14.6 Å². The highest BCUT2D eigenvalue weighted by atomic mass is 16.5. The van der Waals surface area contributed by atoms with Crippen LogP contribution in [0.5, 0.6) is 5.75 Å². The zero-order valence-corrected chi connectivity index (χ0v) is 16.2. The smallest absolute Gasteiger partial charge is 0.119 e. The molecule has 2 aromatic carbocycles. The first-order valence-electron chi connectivity index (χ1n) is 10.0. The molecule has 0 aliphatic carbocycles. The second-order valence-corrected chi connectivity index (χ2v) is 7.15. The summed E-state index contributed by atoms with van der Waals surface area (Å²) in [4.78, 5) is 2.38. The molecule has 0 saturated carbocycles. The minimum atomic E-state index is -0.556. The van der Waals surface area contributed by atoms with Gasteiger partial charge in [0.05, 0.1) is 25.9 Å². The molecule has 0 radical (unpaired) electrons. The lowest BCUT2D eigenvalue weighted by molar-refractivity contribution is 0.0240. The summed E-state index contributed by atoms with van der Waals surface area (Å²) in [5, 5.41) is 11.2. The van der Waals surface area contributed by atoms with Crippen molar-refractivity contribution >= 4 is 0 Å². The largest absolute Gasteiger partial charge is 0.494 e. The van der Waals surface area contributed by atoms with Crippen LogP contribution in [0.3, 0.4) is 0 Å². The number of benzene rings is 2. The molecule has 1 N–H and O–H groups in total. The minimum absolute atomic E-state index is 0.0242. The van der Waals surface area contributed by atoms with Crippen molar-refractivity contribution in [2.24, 2.45) is 0 Å². The van der Waals surface area contributed by atoms with Crippen LogP contribution in [0.1, 0.15) is 42.9 Å². The predicted octanol–water partition coefficient (Wildman–Crippen LogP) is 4.01. The Kier molecular flexibility index (Phi) is 7.69. The highest BCUT2D eigenvalue weighted by Gasteiger charge is 2.26. The molecule has 4 nitrogen and oxygen atoms in total. The molecule has 1 fully saturated rings. The summed E-state index contributed by atoms with van der Waals surface area (Å²) in [6.45, 7) is 7.08.